The van der Waals surface area contributed by atoms with Crippen molar-refractivity contribution in [2.45, 2.75) is 19.2 Å². The van der Waals surface area contributed by atoms with Gasteiger partial charge in [-0.05, 0) is 53.2 Å². The number of carbonyl (C=O) groups excluding carboxylic acids is 1. The molecule has 0 radical (unpaired) electrons. The van der Waals surface area contributed by atoms with Gasteiger partial charge in [0.1, 0.15) is 17.2 Å². The van der Waals surface area contributed by atoms with E-state index in [2.05, 4.69) is 15.9 Å². The summed E-state index contributed by atoms with van der Waals surface area (Å²) in [5, 5.41) is -0.189. The Hall–Kier alpha value is -1.93. The van der Waals surface area contributed by atoms with Crippen LogP contribution in [0.5, 0.6) is 17.2 Å². The lowest BCUT2D eigenvalue weighted by molar-refractivity contribution is -0.137. The average Bonchev–Trinajstić information content (AvgIpc) is 2.51. The quantitative estimate of drug-likeness (QED) is 0.701. The van der Waals surface area contributed by atoms with Gasteiger partial charge in [0, 0.05) is 6.07 Å². The first-order chi connectivity index (χ1) is 11.6. The molecule has 2 aromatic carbocycles. The van der Waals surface area contributed by atoms with Crippen LogP contribution in [0.25, 0.3) is 0 Å². The van der Waals surface area contributed by atoms with Crippen LogP contribution in [0.2, 0.25) is 5.02 Å². The Morgan fingerprint density at radius 3 is 2.44 bits per heavy atom. The predicted molar refractivity (Wildman–Crippen MR) is 90.0 cm³/mol. The normalized spacial score (nSPS) is 12.6. The summed E-state index contributed by atoms with van der Waals surface area (Å²) in [6, 6.07) is 7.38. The number of halogens is 5. The van der Waals surface area contributed by atoms with Crippen molar-refractivity contribution in [2.75, 3.05) is 0 Å². The van der Waals surface area contributed by atoms with E-state index < -0.39 is 23.8 Å². The first kappa shape index (κ1) is 19.4. The molecule has 0 bridgehead atoms. The second kappa shape index (κ2) is 7.53. The average molecular weight is 439 g/mol. The highest BCUT2D eigenvalue weighted by Crippen LogP contribution is 2.38. The Morgan fingerprint density at radius 2 is 1.88 bits per heavy atom. The maximum atomic E-state index is 12.7. The molecule has 25 heavy (non-hydrogen) atoms. The molecule has 4 nitrogen and oxygen atoms in total. The number of rotatable bonds is 5. The van der Waals surface area contributed by atoms with E-state index in [0.717, 1.165) is 18.2 Å². The van der Waals surface area contributed by atoms with Gasteiger partial charge < -0.3 is 15.2 Å². The number of hydrogen-bond acceptors (Lipinski definition) is 3. The fourth-order valence-electron chi connectivity index (χ4n) is 1.77. The topological polar surface area (TPSA) is 61.6 Å². The molecule has 2 N–H and O–H groups in total. The van der Waals surface area contributed by atoms with Gasteiger partial charge in [0.15, 0.2) is 6.10 Å². The van der Waals surface area contributed by atoms with Crippen LogP contribution in [-0.2, 0) is 11.0 Å². The molecule has 0 heterocycles. The van der Waals surface area contributed by atoms with Crippen LogP contribution in [0.15, 0.2) is 40.9 Å². The van der Waals surface area contributed by atoms with Crippen LogP contribution in [0.3, 0.4) is 0 Å². The second-order valence-corrected chi connectivity index (χ2v) is 6.26. The van der Waals surface area contributed by atoms with Crippen molar-refractivity contribution in [2.24, 2.45) is 5.73 Å². The molecule has 2 aromatic rings. The molecule has 0 aliphatic carbocycles. The second-order valence-electron chi connectivity index (χ2n) is 5.00. The fraction of sp³-hybridized carbons (Fsp3) is 0.188. The summed E-state index contributed by atoms with van der Waals surface area (Å²) < 4.78 is 49.4. The van der Waals surface area contributed by atoms with Gasteiger partial charge in [-0.2, -0.15) is 13.2 Å². The Labute approximate surface area is 154 Å². The van der Waals surface area contributed by atoms with Crippen molar-refractivity contribution in [1.29, 1.82) is 0 Å². The summed E-state index contributed by atoms with van der Waals surface area (Å²) in [6.07, 6.45) is -5.37. The zero-order chi connectivity index (χ0) is 18.8. The van der Waals surface area contributed by atoms with E-state index in [-0.39, 0.29) is 22.3 Å². The van der Waals surface area contributed by atoms with Gasteiger partial charge in [-0.25, -0.2) is 0 Å². The van der Waals surface area contributed by atoms with Gasteiger partial charge in [0.05, 0.1) is 15.1 Å². The molecule has 1 atom stereocenters. The number of alkyl halides is 3. The van der Waals surface area contributed by atoms with Gasteiger partial charge in [0.2, 0.25) is 0 Å². The third-order valence-electron chi connectivity index (χ3n) is 3.09. The molecule has 0 aliphatic heterocycles. The number of amides is 1. The molecular weight excluding hydrogens is 427 g/mol. The van der Waals surface area contributed by atoms with E-state index in [1.165, 1.54) is 13.0 Å². The smallest absolute Gasteiger partial charge is 0.416 e. The van der Waals surface area contributed by atoms with Gasteiger partial charge in [0.25, 0.3) is 5.91 Å². The van der Waals surface area contributed by atoms with E-state index in [4.69, 9.17) is 26.8 Å². The van der Waals surface area contributed by atoms with Gasteiger partial charge >= 0.3 is 6.18 Å². The van der Waals surface area contributed by atoms with Gasteiger partial charge in [-0.3, -0.25) is 4.79 Å². The van der Waals surface area contributed by atoms with Gasteiger partial charge in [-0.15, -0.1) is 0 Å². The maximum absolute atomic E-state index is 12.7. The summed E-state index contributed by atoms with van der Waals surface area (Å²) in [7, 11) is 0. The summed E-state index contributed by atoms with van der Waals surface area (Å²) in [5.41, 5.74) is 4.27. The van der Waals surface area contributed by atoms with Crippen molar-refractivity contribution in [1.82, 2.24) is 0 Å². The third kappa shape index (κ3) is 5.02. The molecule has 1 unspecified atom stereocenters. The van der Waals surface area contributed by atoms with Crippen LogP contribution >= 0.6 is 27.5 Å². The molecular formula is C16H12BrClF3NO3. The van der Waals surface area contributed by atoms with Crippen molar-refractivity contribution in [3.63, 3.8) is 0 Å². The van der Waals surface area contributed by atoms with Crippen LogP contribution in [0.4, 0.5) is 13.2 Å². The summed E-state index contributed by atoms with van der Waals surface area (Å²) in [5.74, 6) is -0.0572. The lowest BCUT2D eigenvalue weighted by atomic mass is 10.2. The van der Waals surface area contributed by atoms with Crippen LogP contribution in [0.1, 0.15) is 12.5 Å². The van der Waals surface area contributed by atoms with Crippen molar-refractivity contribution >= 4 is 33.4 Å². The monoisotopic (exact) mass is 437 g/mol. The Bertz CT molecular complexity index is 799. The Balaban J connectivity index is 2.25. The van der Waals surface area contributed by atoms with Crippen LogP contribution in [0, 0.1) is 0 Å². The number of nitrogens with two attached hydrogens (primary N) is 1. The Morgan fingerprint density at radius 1 is 1.20 bits per heavy atom. The number of carbonyl (C=O) groups is 1. The zero-order valence-electron chi connectivity index (χ0n) is 12.7. The van der Waals surface area contributed by atoms with E-state index in [1.807, 2.05) is 0 Å². The lowest BCUT2D eigenvalue weighted by Gasteiger charge is -2.15. The largest absolute Gasteiger partial charge is 0.480 e. The minimum atomic E-state index is -4.49. The summed E-state index contributed by atoms with van der Waals surface area (Å²) in [6.45, 7) is 1.48. The van der Waals surface area contributed by atoms with E-state index in [9.17, 15) is 18.0 Å². The highest BCUT2D eigenvalue weighted by molar-refractivity contribution is 9.10. The van der Waals surface area contributed by atoms with Gasteiger partial charge in [-0.1, -0.05) is 11.6 Å². The first-order valence-corrected chi connectivity index (χ1v) is 8.05. The molecule has 9 heteroatoms. The molecule has 0 aliphatic rings. The maximum Gasteiger partial charge on any atom is 0.416 e. The fourth-order valence-corrected chi connectivity index (χ4v) is 2.33. The minimum Gasteiger partial charge on any atom is -0.480 e. The molecule has 0 spiro atoms. The number of benzene rings is 2. The highest BCUT2D eigenvalue weighted by atomic mass is 79.9. The highest BCUT2D eigenvalue weighted by Gasteiger charge is 2.31. The first-order valence-electron chi connectivity index (χ1n) is 6.88. The Kier molecular flexibility index (Phi) is 5.84. The third-order valence-corrected chi connectivity index (χ3v) is 4.04. The molecule has 0 saturated carbocycles. The predicted octanol–water partition coefficient (Wildman–Crippen LogP) is 5.17. The van der Waals surface area contributed by atoms with E-state index >= 15 is 0 Å². The number of hydrogen-bond donors (Lipinski definition) is 1. The van der Waals surface area contributed by atoms with E-state index in [1.54, 1.807) is 12.1 Å². The summed E-state index contributed by atoms with van der Waals surface area (Å²) in [4.78, 5) is 11.1. The van der Waals surface area contributed by atoms with Crippen molar-refractivity contribution in [3.8, 4) is 17.2 Å². The van der Waals surface area contributed by atoms with E-state index in [0.29, 0.717) is 4.47 Å². The molecule has 0 saturated heterocycles. The van der Waals surface area contributed by atoms with Crippen molar-refractivity contribution in [3.05, 3.63) is 51.5 Å². The number of primary amides is 1. The lowest BCUT2D eigenvalue weighted by Crippen LogP contribution is -2.30. The SMILES string of the molecule is CC(Oc1cc(Oc2ccc(C(F)(F)F)cc2Cl)ccc1Br)C(N)=O. The van der Waals surface area contributed by atoms with Crippen LogP contribution < -0.4 is 15.2 Å². The number of ether oxygens (including phenoxy) is 2. The zero-order valence-corrected chi connectivity index (χ0v) is 15.1. The molecule has 0 fully saturated rings. The molecule has 134 valence electrons. The molecule has 2 rings (SSSR count). The molecule has 0 aromatic heterocycles. The molecule has 1 amide bonds. The van der Waals surface area contributed by atoms with Crippen LogP contribution in [-0.4, -0.2) is 12.0 Å². The van der Waals surface area contributed by atoms with Crippen molar-refractivity contribution < 1.29 is 27.4 Å². The summed E-state index contributed by atoms with van der Waals surface area (Å²) >= 11 is 9.11. The minimum absolute atomic E-state index is 0.0471. The standard InChI is InChI=1S/C16H12BrClF3NO3/c1-8(15(22)23)24-14-7-10(3-4-11(14)17)25-13-5-2-9(6-12(13)18)16(19,20)21/h2-8H,1H3,(H2,22,23).